The Kier molecular flexibility index (Phi) is 3.81. The van der Waals surface area contributed by atoms with Gasteiger partial charge in [0, 0.05) is 47.0 Å². The number of rotatable bonds is 5. The highest BCUT2D eigenvalue weighted by Gasteiger charge is 2.40. The second-order valence-corrected chi connectivity index (χ2v) is 10.6. The Bertz CT molecular complexity index is 943. The van der Waals surface area contributed by atoms with Gasteiger partial charge in [-0.3, -0.25) is 0 Å². The largest absolute Gasteiger partial charge is 0.493 e. The lowest BCUT2D eigenvalue weighted by Crippen LogP contribution is -2.32. The first-order valence-corrected chi connectivity index (χ1v) is 11.3. The summed E-state index contributed by atoms with van der Waals surface area (Å²) >= 11 is 1.34. The summed E-state index contributed by atoms with van der Waals surface area (Å²) in [6.45, 7) is 3.63. The Morgan fingerprint density at radius 2 is 2.00 bits per heavy atom. The smallest absolute Gasteiger partial charge is 0.253 e. The van der Waals surface area contributed by atoms with E-state index in [-0.39, 0.29) is 6.04 Å². The lowest BCUT2D eigenvalue weighted by atomic mass is 9.99. The molecule has 0 bridgehead atoms. The van der Waals surface area contributed by atoms with Crippen LogP contribution in [0.25, 0.3) is 0 Å². The first kappa shape index (κ1) is 16.6. The third kappa shape index (κ3) is 2.64. The van der Waals surface area contributed by atoms with E-state index in [0.717, 1.165) is 58.7 Å². The van der Waals surface area contributed by atoms with E-state index >= 15 is 0 Å². The quantitative estimate of drug-likeness (QED) is 0.785. The first-order chi connectivity index (χ1) is 12.5. The van der Waals surface area contributed by atoms with Crippen molar-refractivity contribution in [1.29, 1.82) is 0 Å². The van der Waals surface area contributed by atoms with E-state index in [1.54, 1.807) is 10.4 Å². The molecule has 1 aliphatic carbocycles. The van der Waals surface area contributed by atoms with Crippen molar-refractivity contribution in [2.45, 2.75) is 49.4 Å². The zero-order valence-electron chi connectivity index (χ0n) is 14.7. The SMILES string of the molecule is Cc1ccc(S(=O)(=O)N(Cc2c3c(cc4c2OCC4)OCC3)C2CC2)s1. The number of thiophene rings is 1. The fourth-order valence-corrected chi connectivity index (χ4v) is 6.91. The maximum atomic E-state index is 13.3. The van der Waals surface area contributed by atoms with Gasteiger partial charge in [-0.2, -0.15) is 4.31 Å². The fourth-order valence-electron chi connectivity index (χ4n) is 3.85. The van der Waals surface area contributed by atoms with Crippen LogP contribution in [-0.2, 0) is 29.4 Å². The van der Waals surface area contributed by atoms with Crippen LogP contribution in [0.15, 0.2) is 22.4 Å². The number of aryl methyl sites for hydroxylation is 1. The lowest BCUT2D eigenvalue weighted by molar-refractivity contribution is 0.342. The molecule has 7 heteroatoms. The third-order valence-electron chi connectivity index (χ3n) is 5.31. The number of nitrogens with zero attached hydrogens (tertiary/aromatic N) is 1. The van der Waals surface area contributed by atoms with Gasteiger partial charge in [0.25, 0.3) is 10.0 Å². The summed E-state index contributed by atoms with van der Waals surface area (Å²) in [6, 6.07) is 5.77. The van der Waals surface area contributed by atoms with Crippen LogP contribution in [0, 0.1) is 6.92 Å². The third-order valence-corrected chi connectivity index (χ3v) is 8.67. The monoisotopic (exact) mass is 391 g/mol. The maximum Gasteiger partial charge on any atom is 0.253 e. The van der Waals surface area contributed by atoms with Gasteiger partial charge in [0.1, 0.15) is 15.7 Å². The predicted molar refractivity (Wildman–Crippen MR) is 99.6 cm³/mol. The minimum atomic E-state index is -3.49. The van der Waals surface area contributed by atoms with E-state index in [4.69, 9.17) is 9.47 Å². The van der Waals surface area contributed by atoms with Crippen LogP contribution in [0.5, 0.6) is 11.5 Å². The molecular formula is C19H21NO4S2. The molecule has 3 aliphatic rings. The summed E-state index contributed by atoms with van der Waals surface area (Å²) < 4.78 is 40.4. The molecule has 1 aromatic heterocycles. The van der Waals surface area contributed by atoms with Crippen LogP contribution in [0.2, 0.25) is 0 Å². The van der Waals surface area contributed by atoms with E-state index in [0.29, 0.717) is 24.0 Å². The zero-order chi connectivity index (χ0) is 17.9. The van der Waals surface area contributed by atoms with Crippen LogP contribution in [0.4, 0.5) is 0 Å². The molecule has 138 valence electrons. The minimum Gasteiger partial charge on any atom is -0.493 e. The van der Waals surface area contributed by atoms with Gasteiger partial charge >= 0.3 is 0 Å². The van der Waals surface area contributed by atoms with Gasteiger partial charge in [0.05, 0.1) is 13.2 Å². The highest BCUT2D eigenvalue weighted by molar-refractivity contribution is 7.91. The molecule has 0 amide bonds. The number of benzene rings is 1. The zero-order valence-corrected chi connectivity index (χ0v) is 16.3. The molecule has 0 radical (unpaired) electrons. The average molecular weight is 392 g/mol. The standard InChI is InChI=1S/C19H21NO4S2/c1-12-2-5-18(25-12)26(21,22)20(14-3-4-14)11-16-15-7-9-23-17(15)10-13-6-8-24-19(13)16/h2,5,10,14H,3-4,6-9,11H2,1H3. The van der Waals surface area contributed by atoms with Gasteiger partial charge in [-0.15, -0.1) is 11.3 Å². The van der Waals surface area contributed by atoms with Crippen LogP contribution >= 0.6 is 11.3 Å². The van der Waals surface area contributed by atoms with E-state index in [2.05, 4.69) is 6.07 Å². The predicted octanol–water partition coefficient (Wildman–Crippen LogP) is 3.28. The normalized spacial score (nSPS) is 18.5. The molecule has 1 aromatic carbocycles. The fraction of sp³-hybridized carbons (Fsp3) is 0.474. The van der Waals surface area contributed by atoms with Crippen molar-refractivity contribution in [2.75, 3.05) is 13.2 Å². The number of ether oxygens (including phenoxy) is 2. The van der Waals surface area contributed by atoms with Crippen LogP contribution in [0.3, 0.4) is 0 Å². The summed E-state index contributed by atoms with van der Waals surface area (Å²) in [5.74, 6) is 1.79. The van der Waals surface area contributed by atoms with Gasteiger partial charge < -0.3 is 9.47 Å². The molecule has 2 aliphatic heterocycles. The van der Waals surface area contributed by atoms with Crippen LogP contribution in [0.1, 0.15) is 34.4 Å². The van der Waals surface area contributed by atoms with Crippen molar-refractivity contribution in [3.05, 3.63) is 39.8 Å². The number of sulfonamides is 1. The minimum absolute atomic E-state index is 0.0950. The molecule has 1 fully saturated rings. The maximum absolute atomic E-state index is 13.3. The summed E-state index contributed by atoms with van der Waals surface area (Å²) in [7, 11) is -3.49. The van der Waals surface area contributed by atoms with Crippen molar-refractivity contribution in [1.82, 2.24) is 4.31 Å². The second kappa shape index (κ2) is 5.97. The van der Waals surface area contributed by atoms with Gasteiger partial charge in [-0.1, -0.05) is 0 Å². The number of hydrogen-bond acceptors (Lipinski definition) is 5. The molecule has 0 N–H and O–H groups in total. The first-order valence-electron chi connectivity index (χ1n) is 9.05. The Balaban J connectivity index is 1.57. The van der Waals surface area contributed by atoms with Gasteiger partial charge in [-0.05, 0) is 38.0 Å². The van der Waals surface area contributed by atoms with E-state index in [9.17, 15) is 8.42 Å². The van der Waals surface area contributed by atoms with E-state index < -0.39 is 10.0 Å². The summed E-state index contributed by atoms with van der Waals surface area (Å²) in [4.78, 5) is 1.01. The molecule has 26 heavy (non-hydrogen) atoms. The van der Waals surface area contributed by atoms with E-state index in [1.165, 1.54) is 11.3 Å². The molecule has 5 nitrogen and oxygen atoms in total. The van der Waals surface area contributed by atoms with Crippen molar-refractivity contribution in [3.63, 3.8) is 0 Å². The molecule has 0 saturated heterocycles. The molecule has 0 unspecified atom stereocenters. The molecular weight excluding hydrogens is 370 g/mol. The highest BCUT2D eigenvalue weighted by atomic mass is 32.2. The molecule has 3 heterocycles. The van der Waals surface area contributed by atoms with Crippen molar-refractivity contribution in [3.8, 4) is 11.5 Å². The number of fused-ring (bicyclic) bond motifs is 2. The van der Waals surface area contributed by atoms with Gasteiger partial charge in [0.2, 0.25) is 0 Å². The van der Waals surface area contributed by atoms with Crippen molar-refractivity contribution in [2.24, 2.45) is 0 Å². The molecule has 5 rings (SSSR count). The Morgan fingerprint density at radius 1 is 1.19 bits per heavy atom. The van der Waals surface area contributed by atoms with Crippen LogP contribution in [-0.4, -0.2) is 32.0 Å². The topological polar surface area (TPSA) is 55.8 Å². The summed E-state index contributed by atoms with van der Waals surface area (Å²) in [5.41, 5.74) is 3.27. The Hall–Kier alpha value is -1.57. The lowest BCUT2D eigenvalue weighted by Gasteiger charge is -2.23. The summed E-state index contributed by atoms with van der Waals surface area (Å²) in [5, 5.41) is 0. The second-order valence-electron chi connectivity index (χ2n) is 7.16. The van der Waals surface area contributed by atoms with Gasteiger partial charge in [-0.25, -0.2) is 8.42 Å². The highest BCUT2D eigenvalue weighted by Crippen LogP contribution is 2.43. The molecule has 0 spiro atoms. The molecule has 2 aromatic rings. The molecule has 0 atom stereocenters. The Labute approximate surface area is 157 Å². The van der Waals surface area contributed by atoms with Crippen molar-refractivity contribution >= 4 is 21.4 Å². The Morgan fingerprint density at radius 3 is 2.73 bits per heavy atom. The van der Waals surface area contributed by atoms with E-state index in [1.807, 2.05) is 13.0 Å². The average Bonchev–Trinajstić information content (AvgIpc) is 3.01. The summed E-state index contributed by atoms with van der Waals surface area (Å²) in [6.07, 6.45) is 3.54. The number of hydrogen-bond donors (Lipinski definition) is 0. The van der Waals surface area contributed by atoms with Gasteiger partial charge in [0.15, 0.2) is 0 Å². The van der Waals surface area contributed by atoms with Crippen molar-refractivity contribution < 1.29 is 17.9 Å². The molecule has 1 saturated carbocycles. The van der Waals surface area contributed by atoms with Crippen LogP contribution < -0.4 is 9.47 Å².